The van der Waals surface area contributed by atoms with Crippen LogP contribution in [-0.2, 0) is 15.0 Å². The van der Waals surface area contributed by atoms with Crippen LogP contribution in [0.5, 0.6) is 0 Å². The summed E-state index contributed by atoms with van der Waals surface area (Å²) in [6, 6.07) is 8.32. The van der Waals surface area contributed by atoms with Gasteiger partial charge >= 0.3 is 0 Å². The normalized spacial score (nSPS) is 22.5. The summed E-state index contributed by atoms with van der Waals surface area (Å²) in [4.78, 5) is 15.2. The molecular weight excluding hydrogens is 388 g/mol. The number of nitrogens with one attached hydrogen (secondary N) is 1. The molecule has 2 heterocycles. The SMILES string of the molecule is CC(NC(=O)C1CCCN(S(=O)(=O)N(C)C)C1)c1ccc(N2CCCCC2)cc1. The van der Waals surface area contributed by atoms with Crippen molar-refractivity contribution in [2.75, 3.05) is 45.2 Å². The van der Waals surface area contributed by atoms with Crippen LogP contribution >= 0.6 is 0 Å². The summed E-state index contributed by atoms with van der Waals surface area (Å²) in [5.74, 6) is -0.384. The zero-order chi connectivity index (χ0) is 21.0. The first-order chi connectivity index (χ1) is 13.8. The largest absolute Gasteiger partial charge is 0.372 e. The molecule has 0 saturated carbocycles. The van der Waals surface area contributed by atoms with Crippen LogP contribution in [0.25, 0.3) is 0 Å². The summed E-state index contributed by atoms with van der Waals surface area (Å²) in [5.41, 5.74) is 2.30. The van der Waals surface area contributed by atoms with Crippen LogP contribution < -0.4 is 10.2 Å². The Morgan fingerprint density at radius 3 is 2.34 bits per heavy atom. The molecule has 1 aromatic carbocycles. The van der Waals surface area contributed by atoms with Gasteiger partial charge in [0.1, 0.15) is 0 Å². The van der Waals surface area contributed by atoms with Gasteiger partial charge in [-0.1, -0.05) is 12.1 Å². The Bertz CT molecular complexity index is 789. The molecule has 0 aromatic heterocycles. The van der Waals surface area contributed by atoms with Crippen LogP contribution in [0.3, 0.4) is 0 Å². The topological polar surface area (TPSA) is 73.0 Å². The lowest BCUT2D eigenvalue weighted by Crippen LogP contribution is -2.49. The maximum atomic E-state index is 12.8. The Morgan fingerprint density at radius 1 is 1.07 bits per heavy atom. The van der Waals surface area contributed by atoms with Gasteiger partial charge < -0.3 is 10.2 Å². The van der Waals surface area contributed by atoms with Crippen molar-refractivity contribution in [3.05, 3.63) is 29.8 Å². The van der Waals surface area contributed by atoms with Crippen molar-refractivity contribution in [1.82, 2.24) is 13.9 Å². The molecule has 0 spiro atoms. The number of amides is 1. The summed E-state index contributed by atoms with van der Waals surface area (Å²) in [6.45, 7) is 4.91. The lowest BCUT2D eigenvalue weighted by molar-refractivity contribution is -0.126. The molecule has 3 rings (SSSR count). The first-order valence-electron chi connectivity index (χ1n) is 10.6. The number of anilines is 1. The first kappa shape index (κ1) is 22.1. The van der Waals surface area contributed by atoms with Crippen molar-refractivity contribution < 1.29 is 13.2 Å². The van der Waals surface area contributed by atoms with E-state index in [-0.39, 0.29) is 24.4 Å². The minimum Gasteiger partial charge on any atom is -0.372 e. The predicted octanol–water partition coefficient (Wildman–Crippen LogP) is 2.37. The zero-order valence-electron chi connectivity index (χ0n) is 17.8. The minimum atomic E-state index is -3.48. The fourth-order valence-corrected chi connectivity index (χ4v) is 5.33. The second-order valence-electron chi connectivity index (χ2n) is 8.36. The highest BCUT2D eigenvalue weighted by molar-refractivity contribution is 7.86. The minimum absolute atomic E-state index is 0.0729. The van der Waals surface area contributed by atoms with E-state index < -0.39 is 10.2 Å². The number of carbonyl (C=O) groups is 1. The van der Waals surface area contributed by atoms with Crippen LogP contribution in [0.2, 0.25) is 0 Å². The van der Waals surface area contributed by atoms with Gasteiger partial charge in [0.05, 0.1) is 12.0 Å². The van der Waals surface area contributed by atoms with Gasteiger partial charge in [-0.15, -0.1) is 0 Å². The number of nitrogens with zero attached hydrogens (tertiary/aromatic N) is 3. The summed E-state index contributed by atoms with van der Waals surface area (Å²) in [6.07, 6.45) is 5.22. The van der Waals surface area contributed by atoms with Crippen molar-refractivity contribution in [3.63, 3.8) is 0 Å². The van der Waals surface area contributed by atoms with Gasteiger partial charge in [0.25, 0.3) is 10.2 Å². The molecule has 2 atom stereocenters. The van der Waals surface area contributed by atoms with E-state index in [1.807, 2.05) is 6.92 Å². The summed E-state index contributed by atoms with van der Waals surface area (Å²) >= 11 is 0. The van der Waals surface area contributed by atoms with Crippen molar-refractivity contribution >= 4 is 21.8 Å². The fourth-order valence-electron chi connectivity index (χ4n) is 4.14. The van der Waals surface area contributed by atoms with Gasteiger partial charge in [-0.2, -0.15) is 17.0 Å². The molecule has 2 aliphatic rings. The third kappa shape index (κ3) is 5.29. The van der Waals surface area contributed by atoms with Crippen LogP contribution in [0, 0.1) is 5.92 Å². The van der Waals surface area contributed by atoms with Crippen molar-refractivity contribution in [2.45, 2.75) is 45.1 Å². The Labute approximate surface area is 175 Å². The van der Waals surface area contributed by atoms with Crippen LogP contribution in [-0.4, -0.2) is 63.2 Å². The molecule has 162 valence electrons. The summed E-state index contributed by atoms with van der Waals surface area (Å²) < 4.78 is 27.4. The van der Waals surface area contributed by atoms with E-state index in [0.29, 0.717) is 19.4 Å². The average Bonchev–Trinajstić information content (AvgIpc) is 2.74. The van der Waals surface area contributed by atoms with Gasteiger partial charge in [-0.3, -0.25) is 4.79 Å². The highest BCUT2D eigenvalue weighted by Crippen LogP contribution is 2.24. The lowest BCUT2D eigenvalue weighted by Gasteiger charge is -2.33. The number of rotatable bonds is 6. The number of hydrogen-bond acceptors (Lipinski definition) is 4. The second-order valence-corrected chi connectivity index (χ2v) is 10.5. The molecule has 8 heteroatoms. The second kappa shape index (κ2) is 9.45. The molecule has 0 bridgehead atoms. The summed E-state index contributed by atoms with van der Waals surface area (Å²) in [7, 11) is -0.436. The van der Waals surface area contributed by atoms with Gasteiger partial charge in [0.15, 0.2) is 0 Å². The lowest BCUT2D eigenvalue weighted by atomic mass is 9.97. The molecule has 2 aliphatic heterocycles. The maximum Gasteiger partial charge on any atom is 0.281 e. The highest BCUT2D eigenvalue weighted by atomic mass is 32.2. The van der Waals surface area contributed by atoms with Crippen LogP contribution in [0.15, 0.2) is 24.3 Å². The molecule has 1 aromatic rings. The number of hydrogen-bond donors (Lipinski definition) is 1. The molecule has 1 amide bonds. The molecule has 29 heavy (non-hydrogen) atoms. The van der Waals surface area contributed by atoms with E-state index in [1.165, 1.54) is 47.7 Å². The smallest absolute Gasteiger partial charge is 0.281 e. The monoisotopic (exact) mass is 422 g/mol. The predicted molar refractivity (Wildman–Crippen MR) is 116 cm³/mol. The quantitative estimate of drug-likeness (QED) is 0.764. The van der Waals surface area contributed by atoms with Crippen LogP contribution in [0.1, 0.15) is 50.6 Å². The van der Waals surface area contributed by atoms with E-state index >= 15 is 0 Å². The van der Waals surface area contributed by atoms with E-state index in [1.54, 1.807) is 0 Å². The van der Waals surface area contributed by atoms with E-state index in [9.17, 15) is 13.2 Å². The molecular formula is C21H34N4O3S. The third-order valence-electron chi connectivity index (χ3n) is 6.02. The highest BCUT2D eigenvalue weighted by Gasteiger charge is 2.33. The van der Waals surface area contributed by atoms with Crippen molar-refractivity contribution in [1.29, 1.82) is 0 Å². The van der Waals surface area contributed by atoms with Gasteiger partial charge in [0.2, 0.25) is 5.91 Å². The van der Waals surface area contributed by atoms with E-state index in [2.05, 4.69) is 34.5 Å². The molecule has 0 radical (unpaired) electrons. The number of carbonyl (C=O) groups excluding carboxylic acids is 1. The molecule has 1 N–H and O–H groups in total. The van der Waals surface area contributed by atoms with Crippen molar-refractivity contribution in [2.24, 2.45) is 5.92 Å². The van der Waals surface area contributed by atoms with Gasteiger partial charge in [-0.25, -0.2) is 0 Å². The maximum absolute atomic E-state index is 12.8. The molecule has 2 unspecified atom stereocenters. The average molecular weight is 423 g/mol. The van der Waals surface area contributed by atoms with Gasteiger partial charge in [-0.05, 0) is 56.7 Å². The van der Waals surface area contributed by atoms with Crippen molar-refractivity contribution in [3.8, 4) is 0 Å². The zero-order valence-corrected chi connectivity index (χ0v) is 18.6. The Balaban J connectivity index is 1.58. The number of benzene rings is 1. The standard InChI is InChI=1S/C21H34N4O3S/c1-17(18-9-11-20(12-10-18)24-13-5-4-6-14-24)22-21(26)19-8-7-15-25(16-19)29(27,28)23(2)3/h9-12,17,19H,4-8,13-16H2,1-3H3,(H,22,26). The first-order valence-corrected chi connectivity index (χ1v) is 12.0. The molecule has 2 saturated heterocycles. The Morgan fingerprint density at radius 2 is 1.72 bits per heavy atom. The number of piperidine rings is 2. The Kier molecular flexibility index (Phi) is 7.19. The van der Waals surface area contributed by atoms with Crippen LogP contribution in [0.4, 0.5) is 5.69 Å². The molecule has 0 aliphatic carbocycles. The fraction of sp³-hybridized carbons (Fsp3) is 0.667. The van der Waals surface area contributed by atoms with Gasteiger partial charge in [0, 0.05) is 46.0 Å². The molecule has 7 nitrogen and oxygen atoms in total. The summed E-state index contributed by atoms with van der Waals surface area (Å²) in [5, 5.41) is 3.08. The molecule has 2 fully saturated rings. The van der Waals surface area contributed by atoms with E-state index in [0.717, 1.165) is 18.7 Å². The third-order valence-corrected chi connectivity index (χ3v) is 7.92. The Hall–Kier alpha value is -1.64. The van der Waals surface area contributed by atoms with E-state index in [4.69, 9.17) is 0 Å².